The number of piperidine rings is 1. The monoisotopic (exact) mass is 491 g/mol. The molecule has 3 aromatic rings. The van der Waals surface area contributed by atoms with E-state index in [1.165, 1.54) is 25.3 Å². The van der Waals surface area contributed by atoms with E-state index in [1.807, 2.05) is 42.5 Å². The van der Waals surface area contributed by atoms with E-state index in [0.29, 0.717) is 35.4 Å². The average Bonchev–Trinajstić information content (AvgIpc) is 3.29. The summed E-state index contributed by atoms with van der Waals surface area (Å²) in [4.78, 5) is 28.0. The fourth-order valence-electron chi connectivity index (χ4n) is 4.93. The third-order valence-corrected chi connectivity index (χ3v) is 6.40. The molecule has 1 aliphatic rings. The van der Waals surface area contributed by atoms with Gasteiger partial charge in [0.2, 0.25) is 0 Å². The summed E-state index contributed by atoms with van der Waals surface area (Å²) < 4.78 is 17.4. The predicted octanol–water partition coefficient (Wildman–Crippen LogP) is 4.47. The third kappa shape index (κ3) is 5.60. The fourth-order valence-corrected chi connectivity index (χ4v) is 4.93. The van der Waals surface area contributed by atoms with Gasteiger partial charge >= 0.3 is 11.9 Å². The summed E-state index contributed by atoms with van der Waals surface area (Å²) in [7, 11) is 2.54. The Kier molecular flexibility index (Phi) is 8.05. The number of methoxy groups -OCH3 is 2. The molecule has 0 spiro atoms. The van der Waals surface area contributed by atoms with Crippen LogP contribution in [0.3, 0.4) is 0 Å². The molecule has 2 aromatic carbocycles. The topological polar surface area (TPSA) is 82.9 Å². The van der Waals surface area contributed by atoms with Crippen LogP contribution in [0.25, 0.3) is 16.9 Å². The van der Waals surface area contributed by atoms with E-state index >= 15 is 0 Å². The Bertz CT molecular complexity index is 1180. The zero-order valence-corrected chi connectivity index (χ0v) is 21.3. The predicted molar refractivity (Wildman–Crippen MR) is 137 cm³/mol. The zero-order valence-electron chi connectivity index (χ0n) is 21.3. The third-order valence-electron chi connectivity index (χ3n) is 6.40. The Hall–Kier alpha value is -3.65. The Morgan fingerprint density at radius 2 is 1.56 bits per heavy atom. The lowest BCUT2D eigenvalue weighted by molar-refractivity contribution is 0.0549. The molecule has 0 aliphatic carbocycles. The summed E-state index contributed by atoms with van der Waals surface area (Å²) in [6.07, 6.45) is 1.28. The van der Waals surface area contributed by atoms with Crippen molar-refractivity contribution in [3.05, 3.63) is 65.9 Å². The maximum Gasteiger partial charge on any atom is 0.357 e. The number of likely N-dealkylation sites (tertiary alicyclic amines) is 1. The van der Waals surface area contributed by atoms with Crippen molar-refractivity contribution in [1.29, 1.82) is 0 Å². The van der Waals surface area contributed by atoms with Crippen LogP contribution >= 0.6 is 0 Å². The van der Waals surface area contributed by atoms with Crippen LogP contribution in [0.15, 0.2) is 54.6 Å². The molecular formula is C28H33N3O5. The summed E-state index contributed by atoms with van der Waals surface area (Å²) in [6, 6.07) is 16.4. The van der Waals surface area contributed by atoms with Gasteiger partial charge < -0.3 is 14.2 Å². The van der Waals surface area contributed by atoms with Gasteiger partial charge in [-0.05, 0) is 54.7 Å². The summed E-state index contributed by atoms with van der Waals surface area (Å²) in [5, 5.41) is 4.62. The molecule has 1 fully saturated rings. The molecule has 8 nitrogen and oxygen atoms in total. The van der Waals surface area contributed by atoms with E-state index in [2.05, 4.69) is 23.8 Å². The van der Waals surface area contributed by atoms with Crippen molar-refractivity contribution in [3.8, 4) is 22.7 Å². The van der Waals surface area contributed by atoms with Gasteiger partial charge in [0.1, 0.15) is 23.6 Å². The molecule has 0 N–H and O–H groups in total. The second-order valence-electron chi connectivity index (χ2n) is 9.38. The first-order valence-electron chi connectivity index (χ1n) is 12.2. The van der Waals surface area contributed by atoms with Gasteiger partial charge in [0, 0.05) is 25.2 Å². The summed E-state index contributed by atoms with van der Waals surface area (Å²) in [6.45, 7) is 8.30. The number of nitrogens with zero attached hydrogens (tertiary/aromatic N) is 3. The highest BCUT2D eigenvalue weighted by atomic mass is 16.5. The Morgan fingerprint density at radius 3 is 2.17 bits per heavy atom. The zero-order chi connectivity index (χ0) is 25.7. The minimum atomic E-state index is -0.681. The number of hydrogen-bond donors (Lipinski definition) is 0. The lowest BCUT2D eigenvalue weighted by Crippen LogP contribution is -2.40. The minimum absolute atomic E-state index is 0.0101. The SMILES string of the molecule is COC(=O)c1c(-c2ccc(OCCN3CC(C)CC(C)C3)cc2)nn(-c2ccccc2)c1C(=O)OC. The smallest absolute Gasteiger partial charge is 0.357 e. The molecule has 0 amide bonds. The van der Waals surface area contributed by atoms with Crippen LogP contribution in [0.2, 0.25) is 0 Å². The number of esters is 2. The van der Waals surface area contributed by atoms with Gasteiger partial charge in [-0.2, -0.15) is 5.10 Å². The highest BCUT2D eigenvalue weighted by molar-refractivity contribution is 6.06. The van der Waals surface area contributed by atoms with Gasteiger partial charge in [0.05, 0.1) is 19.9 Å². The molecule has 4 rings (SSSR count). The van der Waals surface area contributed by atoms with Crippen LogP contribution in [-0.4, -0.2) is 67.1 Å². The van der Waals surface area contributed by atoms with Crippen molar-refractivity contribution in [2.75, 3.05) is 40.5 Å². The molecule has 1 aliphatic heterocycles. The van der Waals surface area contributed by atoms with E-state index < -0.39 is 11.9 Å². The van der Waals surface area contributed by atoms with Gasteiger partial charge in [0.25, 0.3) is 0 Å². The molecule has 8 heteroatoms. The molecule has 2 unspecified atom stereocenters. The number of hydrogen-bond acceptors (Lipinski definition) is 7. The number of benzene rings is 2. The lowest BCUT2D eigenvalue weighted by Gasteiger charge is -2.34. The van der Waals surface area contributed by atoms with Gasteiger partial charge in [-0.25, -0.2) is 14.3 Å². The standard InChI is InChI=1S/C28H33N3O5/c1-19-16-20(2)18-30(17-19)14-15-36-23-12-10-21(11-13-23)25-24(27(32)34-3)26(28(33)35-4)31(29-25)22-8-6-5-7-9-22/h5-13,19-20H,14-18H2,1-4H3. The van der Waals surface area contributed by atoms with Crippen molar-refractivity contribution in [2.24, 2.45) is 11.8 Å². The van der Waals surface area contributed by atoms with Crippen LogP contribution in [0.4, 0.5) is 0 Å². The number of para-hydroxylation sites is 1. The van der Waals surface area contributed by atoms with Crippen LogP contribution in [0.1, 0.15) is 41.1 Å². The molecule has 190 valence electrons. The van der Waals surface area contributed by atoms with Crippen molar-refractivity contribution in [2.45, 2.75) is 20.3 Å². The number of carbonyl (C=O) groups is 2. The van der Waals surface area contributed by atoms with E-state index in [9.17, 15) is 9.59 Å². The highest BCUT2D eigenvalue weighted by Gasteiger charge is 2.31. The molecule has 2 atom stereocenters. The second kappa shape index (κ2) is 11.4. The van der Waals surface area contributed by atoms with Crippen molar-refractivity contribution in [1.82, 2.24) is 14.7 Å². The minimum Gasteiger partial charge on any atom is -0.492 e. The number of carbonyl (C=O) groups excluding carboxylic acids is 2. The quantitative estimate of drug-likeness (QED) is 0.430. The summed E-state index contributed by atoms with van der Waals surface area (Å²) in [5.41, 5.74) is 1.66. The molecule has 0 saturated carbocycles. The first kappa shape index (κ1) is 25.4. The Labute approximate surface area is 211 Å². The van der Waals surface area contributed by atoms with E-state index in [4.69, 9.17) is 14.2 Å². The van der Waals surface area contributed by atoms with Crippen molar-refractivity contribution < 1.29 is 23.8 Å². The summed E-state index contributed by atoms with van der Waals surface area (Å²) in [5.74, 6) is 0.801. The molecule has 36 heavy (non-hydrogen) atoms. The molecule has 0 radical (unpaired) electrons. The van der Waals surface area contributed by atoms with Gasteiger partial charge in [0.15, 0.2) is 5.69 Å². The van der Waals surface area contributed by atoms with Gasteiger partial charge in [-0.15, -0.1) is 0 Å². The van der Waals surface area contributed by atoms with Gasteiger partial charge in [-0.1, -0.05) is 32.0 Å². The van der Waals surface area contributed by atoms with Crippen LogP contribution in [-0.2, 0) is 9.47 Å². The largest absolute Gasteiger partial charge is 0.492 e. The van der Waals surface area contributed by atoms with E-state index in [0.717, 1.165) is 25.4 Å². The first-order chi connectivity index (χ1) is 17.4. The molecule has 1 aromatic heterocycles. The first-order valence-corrected chi connectivity index (χ1v) is 12.2. The van der Waals surface area contributed by atoms with Crippen LogP contribution in [0.5, 0.6) is 5.75 Å². The van der Waals surface area contributed by atoms with Crippen molar-refractivity contribution in [3.63, 3.8) is 0 Å². The maximum absolute atomic E-state index is 12.8. The lowest BCUT2D eigenvalue weighted by atomic mass is 9.92. The van der Waals surface area contributed by atoms with Crippen LogP contribution in [0, 0.1) is 11.8 Å². The van der Waals surface area contributed by atoms with E-state index in [-0.39, 0.29) is 11.3 Å². The second-order valence-corrected chi connectivity index (χ2v) is 9.38. The average molecular weight is 492 g/mol. The van der Waals surface area contributed by atoms with E-state index in [1.54, 1.807) is 12.1 Å². The van der Waals surface area contributed by atoms with Crippen LogP contribution < -0.4 is 4.74 Å². The summed E-state index contributed by atoms with van der Waals surface area (Å²) >= 11 is 0. The highest BCUT2D eigenvalue weighted by Crippen LogP contribution is 2.30. The number of rotatable bonds is 8. The Morgan fingerprint density at radius 1 is 0.917 bits per heavy atom. The normalized spacial score (nSPS) is 18.0. The van der Waals surface area contributed by atoms with Gasteiger partial charge in [-0.3, -0.25) is 4.90 Å². The van der Waals surface area contributed by atoms with Crippen molar-refractivity contribution >= 4 is 11.9 Å². The molecule has 1 saturated heterocycles. The molecule has 0 bridgehead atoms. The number of aromatic nitrogens is 2. The Balaban J connectivity index is 1.58. The molecule has 2 heterocycles. The maximum atomic E-state index is 12.8. The fraction of sp³-hybridized carbons (Fsp3) is 0.393. The number of ether oxygens (including phenoxy) is 3. The molecular weight excluding hydrogens is 458 g/mol.